The highest BCUT2D eigenvalue weighted by Gasteiger charge is 2.15. The molecule has 5 heteroatoms. The molecule has 3 nitrogen and oxygen atoms in total. The van der Waals surface area contributed by atoms with Crippen LogP contribution < -0.4 is 4.74 Å². The SMILES string of the molecule is N#Cc1oc2ccccc2c1OCc1ccc(F)cc1Br. The minimum atomic E-state index is -0.322. The highest BCUT2D eigenvalue weighted by molar-refractivity contribution is 9.10. The van der Waals surface area contributed by atoms with E-state index in [1.54, 1.807) is 12.1 Å². The van der Waals surface area contributed by atoms with Crippen molar-refractivity contribution in [2.24, 2.45) is 0 Å². The van der Waals surface area contributed by atoms with Crippen LogP contribution >= 0.6 is 15.9 Å². The summed E-state index contributed by atoms with van der Waals surface area (Å²) in [4.78, 5) is 0. The van der Waals surface area contributed by atoms with Crippen LogP contribution in [0.2, 0.25) is 0 Å². The second-order valence-corrected chi connectivity index (χ2v) is 5.25. The van der Waals surface area contributed by atoms with Gasteiger partial charge in [-0.25, -0.2) is 4.39 Å². The number of benzene rings is 2. The molecule has 0 bridgehead atoms. The molecule has 0 aliphatic heterocycles. The van der Waals surface area contributed by atoms with Crippen LogP contribution in [-0.2, 0) is 6.61 Å². The maximum absolute atomic E-state index is 13.1. The molecular weight excluding hydrogens is 337 g/mol. The third-order valence-electron chi connectivity index (χ3n) is 3.04. The van der Waals surface area contributed by atoms with Gasteiger partial charge < -0.3 is 9.15 Å². The van der Waals surface area contributed by atoms with Gasteiger partial charge in [-0.05, 0) is 24.3 Å². The molecule has 0 saturated heterocycles. The first-order valence-corrected chi connectivity index (χ1v) is 6.96. The van der Waals surface area contributed by atoms with Crippen LogP contribution in [0.4, 0.5) is 4.39 Å². The Bertz CT molecular complexity index is 851. The molecular formula is C16H9BrFNO2. The van der Waals surface area contributed by atoms with E-state index in [4.69, 9.17) is 14.4 Å². The van der Waals surface area contributed by atoms with Gasteiger partial charge in [-0.2, -0.15) is 5.26 Å². The first-order chi connectivity index (χ1) is 10.2. The van der Waals surface area contributed by atoms with Crippen LogP contribution in [0.25, 0.3) is 11.0 Å². The van der Waals surface area contributed by atoms with Gasteiger partial charge in [0.05, 0.1) is 5.39 Å². The standard InChI is InChI=1S/C16H9BrFNO2/c17-13-7-11(18)6-5-10(13)9-20-16-12-3-1-2-4-14(12)21-15(16)8-19/h1-7H,9H2. The Morgan fingerprint density at radius 1 is 1.24 bits per heavy atom. The fourth-order valence-electron chi connectivity index (χ4n) is 2.03. The molecule has 0 saturated carbocycles. The molecule has 0 aliphatic carbocycles. The lowest BCUT2D eigenvalue weighted by atomic mass is 10.2. The second kappa shape index (κ2) is 5.58. The number of ether oxygens (including phenoxy) is 1. The maximum Gasteiger partial charge on any atom is 0.246 e. The first-order valence-electron chi connectivity index (χ1n) is 6.17. The fourth-order valence-corrected chi connectivity index (χ4v) is 2.49. The average molecular weight is 346 g/mol. The maximum atomic E-state index is 13.1. The molecule has 21 heavy (non-hydrogen) atoms. The predicted octanol–water partition coefficient (Wildman–Crippen LogP) is 4.79. The van der Waals surface area contributed by atoms with Crippen molar-refractivity contribution in [2.75, 3.05) is 0 Å². The minimum absolute atomic E-state index is 0.134. The van der Waals surface area contributed by atoms with Gasteiger partial charge in [0.25, 0.3) is 0 Å². The van der Waals surface area contributed by atoms with Gasteiger partial charge in [-0.3, -0.25) is 0 Å². The normalized spacial score (nSPS) is 10.5. The van der Waals surface area contributed by atoms with Crippen LogP contribution in [0.1, 0.15) is 11.3 Å². The Morgan fingerprint density at radius 2 is 2.05 bits per heavy atom. The lowest BCUT2D eigenvalue weighted by molar-refractivity contribution is 0.303. The van der Waals surface area contributed by atoms with Gasteiger partial charge in [0, 0.05) is 10.0 Å². The number of para-hydroxylation sites is 1. The third kappa shape index (κ3) is 2.63. The number of nitriles is 1. The molecule has 0 radical (unpaired) electrons. The van der Waals surface area contributed by atoms with Crippen LogP contribution in [0.15, 0.2) is 51.4 Å². The molecule has 2 aromatic carbocycles. The molecule has 0 fully saturated rings. The molecule has 0 unspecified atom stereocenters. The van der Waals surface area contributed by atoms with Gasteiger partial charge in [0.1, 0.15) is 24.1 Å². The second-order valence-electron chi connectivity index (χ2n) is 4.39. The van der Waals surface area contributed by atoms with E-state index >= 15 is 0 Å². The summed E-state index contributed by atoms with van der Waals surface area (Å²) in [7, 11) is 0. The fraction of sp³-hybridized carbons (Fsp3) is 0.0625. The Labute approximate surface area is 128 Å². The number of nitrogens with zero attached hydrogens (tertiary/aromatic N) is 1. The van der Waals surface area contributed by atoms with Crippen molar-refractivity contribution in [1.29, 1.82) is 5.26 Å². The molecule has 1 heterocycles. The van der Waals surface area contributed by atoms with E-state index in [0.717, 1.165) is 10.9 Å². The predicted molar refractivity (Wildman–Crippen MR) is 79.4 cm³/mol. The number of halogens is 2. The van der Waals surface area contributed by atoms with Gasteiger partial charge in [0.2, 0.25) is 5.76 Å². The van der Waals surface area contributed by atoms with Gasteiger partial charge in [-0.1, -0.05) is 34.1 Å². The zero-order valence-corrected chi connectivity index (χ0v) is 12.4. The van der Waals surface area contributed by atoms with Crippen LogP contribution in [0.5, 0.6) is 5.75 Å². The quantitative estimate of drug-likeness (QED) is 0.685. The van der Waals surface area contributed by atoms with Crippen molar-refractivity contribution < 1.29 is 13.5 Å². The van der Waals surface area contributed by atoms with Crippen molar-refractivity contribution in [1.82, 2.24) is 0 Å². The molecule has 104 valence electrons. The summed E-state index contributed by atoms with van der Waals surface area (Å²) in [6.45, 7) is 0.207. The number of hydrogen-bond acceptors (Lipinski definition) is 3. The summed E-state index contributed by atoms with van der Waals surface area (Å²) in [5, 5.41) is 9.87. The van der Waals surface area contributed by atoms with E-state index < -0.39 is 0 Å². The molecule has 3 rings (SSSR count). The Morgan fingerprint density at radius 3 is 2.81 bits per heavy atom. The van der Waals surface area contributed by atoms with Crippen molar-refractivity contribution in [3.05, 3.63) is 64.1 Å². The highest BCUT2D eigenvalue weighted by Crippen LogP contribution is 2.33. The monoisotopic (exact) mass is 345 g/mol. The van der Waals surface area contributed by atoms with E-state index in [-0.39, 0.29) is 18.2 Å². The smallest absolute Gasteiger partial charge is 0.246 e. The Kier molecular flexibility index (Phi) is 3.63. The molecule has 0 aliphatic rings. The van der Waals surface area contributed by atoms with Crippen molar-refractivity contribution in [3.8, 4) is 11.8 Å². The average Bonchev–Trinajstić information content (AvgIpc) is 2.84. The summed E-state index contributed by atoms with van der Waals surface area (Å²) < 4.78 is 24.8. The molecule has 0 spiro atoms. The zero-order chi connectivity index (χ0) is 14.8. The van der Waals surface area contributed by atoms with E-state index in [9.17, 15) is 4.39 Å². The molecule has 1 aromatic heterocycles. The van der Waals surface area contributed by atoms with E-state index in [1.165, 1.54) is 12.1 Å². The van der Waals surface area contributed by atoms with Crippen LogP contribution in [0.3, 0.4) is 0 Å². The molecule has 0 N–H and O–H groups in total. The number of rotatable bonds is 3. The van der Waals surface area contributed by atoms with Crippen molar-refractivity contribution in [3.63, 3.8) is 0 Å². The van der Waals surface area contributed by atoms with Crippen molar-refractivity contribution in [2.45, 2.75) is 6.61 Å². The first kappa shape index (κ1) is 13.7. The van der Waals surface area contributed by atoms with Gasteiger partial charge in [0.15, 0.2) is 5.75 Å². The summed E-state index contributed by atoms with van der Waals surface area (Å²) in [6, 6.07) is 13.6. The summed E-state index contributed by atoms with van der Waals surface area (Å²) in [5.41, 5.74) is 1.38. The Balaban J connectivity index is 1.93. The summed E-state index contributed by atoms with van der Waals surface area (Å²) in [5.74, 6) is 0.218. The van der Waals surface area contributed by atoms with Gasteiger partial charge >= 0.3 is 0 Å². The highest BCUT2D eigenvalue weighted by atomic mass is 79.9. The third-order valence-corrected chi connectivity index (χ3v) is 3.78. The number of hydrogen-bond donors (Lipinski definition) is 0. The van der Waals surface area contributed by atoms with Gasteiger partial charge in [-0.15, -0.1) is 0 Å². The van der Waals surface area contributed by atoms with E-state index in [0.29, 0.717) is 15.8 Å². The largest absolute Gasteiger partial charge is 0.483 e. The number of furan rings is 1. The van der Waals surface area contributed by atoms with Crippen LogP contribution in [-0.4, -0.2) is 0 Å². The summed E-state index contributed by atoms with van der Waals surface area (Å²) in [6.07, 6.45) is 0. The topological polar surface area (TPSA) is 46.2 Å². The molecule has 0 amide bonds. The van der Waals surface area contributed by atoms with Crippen molar-refractivity contribution >= 4 is 26.9 Å². The number of fused-ring (bicyclic) bond motifs is 1. The molecule has 3 aromatic rings. The van der Waals surface area contributed by atoms with E-state index in [1.807, 2.05) is 24.3 Å². The lowest BCUT2D eigenvalue weighted by Crippen LogP contribution is -1.97. The summed E-state index contributed by atoms with van der Waals surface area (Å²) >= 11 is 3.29. The lowest BCUT2D eigenvalue weighted by Gasteiger charge is -2.07. The minimum Gasteiger partial charge on any atom is -0.483 e. The molecule has 0 atom stereocenters. The van der Waals surface area contributed by atoms with E-state index in [2.05, 4.69) is 15.9 Å². The Hall–Kier alpha value is -2.32. The van der Waals surface area contributed by atoms with Crippen LogP contribution in [0, 0.1) is 17.1 Å². The zero-order valence-electron chi connectivity index (χ0n) is 10.8.